The average Bonchev–Trinajstić information content (AvgIpc) is 3.97. The molecular weight excluding hydrogens is 681 g/mol. The topological polar surface area (TPSA) is 27.7 Å². The number of imidazole rings is 1. The molecule has 56 heavy (non-hydrogen) atoms. The lowest BCUT2D eigenvalue weighted by Crippen LogP contribution is -2.15. The van der Waals surface area contributed by atoms with Crippen molar-refractivity contribution in [1.29, 1.82) is 0 Å². The van der Waals surface area contributed by atoms with Crippen molar-refractivity contribution in [2.45, 2.75) is 19.3 Å². The minimum absolute atomic E-state index is 0.231. The van der Waals surface area contributed by atoms with Crippen molar-refractivity contribution in [3.63, 3.8) is 0 Å². The predicted molar refractivity (Wildman–Crippen MR) is 233 cm³/mol. The number of rotatable bonds is 4. The fraction of sp³-hybridized carbons (Fsp3) is 0.0577. The zero-order chi connectivity index (χ0) is 37.1. The van der Waals surface area contributed by atoms with Gasteiger partial charge in [-0.1, -0.05) is 135 Å². The third-order valence-corrected chi connectivity index (χ3v) is 12.2. The van der Waals surface area contributed by atoms with Crippen LogP contribution in [0.25, 0.3) is 94.2 Å². The summed E-state index contributed by atoms with van der Waals surface area (Å²) in [5.41, 5.74) is 16.6. The van der Waals surface area contributed by atoms with Crippen molar-refractivity contribution in [3.05, 3.63) is 193 Å². The molecule has 4 nitrogen and oxygen atoms in total. The first-order valence-corrected chi connectivity index (χ1v) is 19.4. The van der Waals surface area contributed by atoms with E-state index >= 15 is 0 Å². The summed E-state index contributed by atoms with van der Waals surface area (Å²) in [4.78, 5) is 5.12. The van der Waals surface area contributed by atoms with Gasteiger partial charge in [0.2, 0.25) is 0 Å². The van der Waals surface area contributed by atoms with Gasteiger partial charge in [0.25, 0.3) is 0 Å². The molecule has 0 atom stereocenters. The lowest BCUT2D eigenvalue weighted by Gasteiger charge is -2.23. The molecule has 264 valence electrons. The quantitative estimate of drug-likeness (QED) is 0.178. The van der Waals surface area contributed by atoms with E-state index in [1.54, 1.807) is 0 Å². The first kappa shape index (κ1) is 31.2. The van der Waals surface area contributed by atoms with Crippen LogP contribution in [0.15, 0.2) is 182 Å². The van der Waals surface area contributed by atoms with Crippen LogP contribution in [0.1, 0.15) is 25.0 Å². The Morgan fingerprint density at radius 3 is 1.66 bits per heavy atom. The van der Waals surface area contributed by atoms with Gasteiger partial charge in [-0.2, -0.15) is 0 Å². The van der Waals surface area contributed by atoms with Crippen molar-refractivity contribution < 1.29 is 0 Å². The van der Waals surface area contributed by atoms with Gasteiger partial charge in [0.1, 0.15) is 5.82 Å². The Kier molecular flexibility index (Phi) is 6.37. The molecule has 0 radical (unpaired) electrons. The van der Waals surface area contributed by atoms with Crippen LogP contribution >= 0.6 is 0 Å². The number of fused-ring (bicyclic) bond motifs is 13. The van der Waals surface area contributed by atoms with Crippen LogP contribution in [-0.2, 0) is 5.41 Å². The predicted octanol–water partition coefficient (Wildman–Crippen LogP) is 13.2. The maximum absolute atomic E-state index is 5.12. The van der Waals surface area contributed by atoms with Gasteiger partial charge in [0, 0.05) is 55.1 Å². The summed E-state index contributed by atoms with van der Waals surface area (Å²) >= 11 is 0. The van der Waals surface area contributed by atoms with E-state index in [0.717, 1.165) is 39.5 Å². The highest BCUT2D eigenvalue weighted by molar-refractivity contribution is 6.31. The van der Waals surface area contributed by atoms with Gasteiger partial charge in [-0.25, -0.2) is 4.98 Å². The highest BCUT2D eigenvalue weighted by Gasteiger charge is 2.41. The zero-order valence-electron chi connectivity index (χ0n) is 31.1. The van der Waals surface area contributed by atoms with Crippen LogP contribution in [0.4, 0.5) is 0 Å². The largest absolute Gasteiger partial charge is 0.309 e. The second kappa shape index (κ2) is 11.4. The molecule has 1 aliphatic rings. The number of hydrogen-bond acceptors (Lipinski definition) is 1. The van der Waals surface area contributed by atoms with E-state index in [9.17, 15) is 0 Å². The molecule has 8 aromatic carbocycles. The van der Waals surface area contributed by atoms with Crippen LogP contribution in [-0.4, -0.2) is 18.7 Å². The highest BCUT2D eigenvalue weighted by Crippen LogP contribution is 2.58. The minimum atomic E-state index is -0.231. The third-order valence-electron chi connectivity index (χ3n) is 12.2. The summed E-state index contributed by atoms with van der Waals surface area (Å²) in [5, 5.41) is 5.15. The van der Waals surface area contributed by atoms with E-state index in [1.165, 1.54) is 65.9 Å². The molecule has 0 unspecified atom stereocenters. The average molecular weight is 717 g/mol. The standard InChI is InChI=1S/C52H36N4/c1-52(2)40-24-12-9-21-37(40)45-48(52)46-38-22-10-14-26-42(38)54(34-19-7-4-8-20-34)50(46)47-39-23-11-15-27-43(39)55(49(45)47)35-29-31-36(32-30-35)56-44-28-16-13-25-41(44)53-51(56)33-17-5-3-6-18-33/h3-32H,1-2H3. The van der Waals surface area contributed by atoms with E-state index in [4.69, 9.17) is 4.98 Å². The van der Waals surface area contributed by atoms with Crippen LogP contribution in [0, 0.1) is 0 Å². The molecule has 12 rings (SSSR count). The maximum Gasteiger partial charge on any atom is 0.145 e. The number of nitrogens with zero attached hydrogens (tertiary/aromatic N) is 4. The monoisotopic (exact) mass is 716 g/mol. The Morgan fingerprint density at radius 2 is 0.946 bits per heavy atom. The van der Waals surface area contributed by atoms with Crippen molar-refractivity contribution in [2.75, 3.05) is 0 Å². The van der Waals surface area contributed by atoms with Crippen LogP contribution in [0.2, 0.25) is 0 Å². The zero-order valence-corrected chi connectivity index (χ0v) is 31.1. The van der Waals surface area contributed by atoms with Crippen LogP contribution in [0.5, 0.6) is 0 Å². The summed E-state index contributed by atoms with van der Waals surface area (Å²) in [7, 11) is 0. The molecule has 3 heterocycles. The molecule has 3 aromatic heterocycles. The lowest BCUT2D eigenvalue weighted by molar-refractivity contribution is 0.667. The fourth-order valence-electron chi connectivity index (χ4n) is 9.89. The first-order chi connectivity index (χ1) is 27.6. The van der Waals surface area contributed by atoms with Gasteiger partial charge in [-0.3, -0.25) is 4.57 Å². The number of para-hydroxylation sites is 5. The van der Waals surface area contributed by atoms with Crippen LogP contribution < -0.4 is 0 Å². The van der Waals surface area contributed by atoms with E-state index in [-0.39, 0.29) is 5.41 Å². The van der Waals surface area contributed by atoms with Crippen molar-refractivity contribution in [2.24, 2.45) is 0 Å². The SMILES string of the molecule is CC1(C)c2ccccc2-c2c1c1c3ccccc3n(-c3ccccc3)c1c1c3ccccc3n(-c3ccc(-n4c(-c5ccccc5)nc5ccccc54)cc3)c21. The summed E-state index contributed by atoms with van der Waals surface area (Å²) in [5.74, 6) is 0.934. The molecule has 11 aromatic rings. The molecule has 0 aliphatic heterocycles. The summed E-state index contributed by atoms with van der Waals surface area (Å²) in [6.45, 7) is 4.83. The summed E-state index contributed by atoms with van der Waals surface area (Å²) in [6.07, 6.45) is 0. The Bertz CT molecular complexity index is 3360. The number of benzene rings is 8. The van der Waals surface area contributed by atoms with Gasteiger partial charge in [-0.15, -0.1) is 0 Å². The Morgan fingerprint density at radius 1 is 0.429 bits per heavy atom. The summed E-state index contributed by atoms with van der Waals surface area (Å²) < 4.78 is 7.34. The molecule has 4 heteroatoms. The molecule has 0 saturated heterocycles. The molecule has 0 amide bonds. The third kappa shape index (κ3) is 4.10. The van der Waals surface area contributed by atoms with Crippen LogP contribution in [0.3, 0.4) is 0 Å². The van der Waals surface area contributed by atoms with Gasteiger partial charge in [-0.05, 0) is 77.4 Å². The number of aromatic nitrogens is 4. The normalized spacial score (nSPS) is 13.3. The maximum atomic E-state index is 5.12. The molecule has 0 N–H and O–H groups in total. The summed E-state index contributed by atoms with van der Waals surface area (Å²) in [6, 6.07) is 65.9. The first-order valence-electron chi connectivity index (χ1n) is 19.4. The second-order valence-electron chi connectivity index (χ2n) is 15.6. The van der Waals surface area contributed by atoms with Crippen molar-refractivity contribution >= 4 is 54.6 Å². The van der Waals surface area contributed by atoms with Crippen molar-refractivity contribution in [1.82, 2.24) is 18.7 Å². The Hall–Kier alpha value is -7.17. The Labute approximate surface area is 324 Å². The molecule has 0 saturated carbocycles. The molecule has 0 fully saturated rings. The van der Waals surface area contributed by atoms with Gasteiger partial charge in [0.15, 0.2) is 0 Å². The van der Waals surface area contributed by atoms with E-state index in [1.807, 2.05) is 0 Å². The lowest BCUT2D eigenvalue weighted by atomic mass is 9.80. The number of hydrogen-bond donors (Lipinski definition) is 0. The highest BCUT2D eigenvalue weighted by atomic mass is 15.1. The molecule has 0 spiro atoms. The van der Waals surface area contributed by atoms with Gasteiger partial charge >= 0.3 is 0 Å². The van der Waals surface area contributed by atoms with E-state index in [0.29, 0.717) is 0 Å². The van der Waals surface area contributed by atoms with E-state index in [2.05, 4.69) is 210 Å². The Balaban J connectivity index is 1.22. The fourth-order valence-corrected chi connectivity index (χ4v) is 9.89. The minimum Gasteiger partial charge on any atom is -0.309 e. The van der Waals surface area contributed by atoms with Crippen molar-refractivity contribution in [3.8, 4) is 39.6 Å². The van der Waals surface area contributed by atoms with Gasteiger partial charge < -0.3 is 9.13 Å². The van der Waals surface area contributed by atoms with Gasteiger partial charge in [0.05, 0.1) is 33.1 Å². The molecule has 0 bridgehead atoms. The smallest absolute Gasteiger partial charge is 0.145 e. The second-order valence-corrected chi connectivity index (χ2v) is 15.6. The molecule has 1 aliphatic carbocycles. The molecular formula is C52H36N4. The van der Waals surface area contributed by atoms with E-state index < -0.39 is 0 Å².